The first-order valence-corrected chi connectivity index (χ1v) is 6.56. The minimum atomic E-state index is -0.290. The van der Waals surface area contributed by atoms with E-state index in [2.05, 4.69) is 20.4 Å². The third kappa shape index (κ3) is 2.55. The van der Waals surface area contributed by atoms with Gasteiger partial charge in [0, 0.05) is 13.2 Å². The van der Waals surface area contributed by atoms with E-state index in [0.29, 0.717) is 11.4 Å². The molecule has 0 amide bonds. The molecular weight excluding hydrogens is 266 g/mol. The Morgan fingerprint density at radius 3 is 2.48 bits per heavy atom. The summed E-state index contributed by atoms with van der Waals surface area (Å²) in [5.41, 5.74) is 3.34. The van der Waals surface area contributed by atoms with E-state index in [9.17, 15) is 4.79 Å². The topological polar surface area (TPSA) is 78.3 Å². The second kappa shape index (κ2) is 5.24. The molecule has 0 bridgehead atoms. The number of nitrogens with zero attached hydrogens (tertiary/aromatic N) is 3. The van der Waals surface area contributed by atoms with Crippen molar-refractivity contribution in [3.05, 3.63) is 58.5 Å². The maximum atomic E-state index is 11.9. The van der Waals surface area contributed by atoms with Gasteiger partial charge >= 0.3 is 0 Å². The van der Waals surface area contributed by atoms with Gasteiger partial charge in [-0.1, -0.05) is 17.7 Å². The van der Waals surface area contributed by atoms with Crippen LogP contribution >= 0.6 is 0 Å². The number of azo groups is 1. The zero-order valence-electron chi connectivity index (χ0n) is 11.8. The minimum Gasteiger partial charge on any atom is -0.349 e. The number of aromatic nitrogens is 3. The fourth-order valence-corrected chi connectivity index (χ4v) is 2.07. The van der Waals surface area contributed by atoms with Gasteiger partial charge in [0.15, 0.2) is 5.69 Å². The van der Waals surface area contributed by atoms with Gasteiger partial charge in [0.1, 0.15) is 5.69 Å². The third-order valence-corrected chi connectivity index (χ3v) is 3.25. The number of hydrogen-bond donors (Lipinski definition) is 2. The lowest BCUT2D eigenvalue weighted by molar-refractivity contribution is 0.925. The van der Waals surface area contributed by atoms with Crippen molar-refractivity contribution in [2.45, 2.75) is 6.92 Å². The number of nitrogens with one attached hydrogen (secondary N) is 2. The van der Waals surface area contributed by atoms with Crippen molar-refractivity contribution in [3.63, 3.8) is 0 Å². The average Bonchev–Trinajstić information content (AvgIpc) is 3.04. The smallest absolute Gasteiger partial charge is 0.292 e. The maximum Gasteiger partial charge on any atom is 0.292 e. The highest BCUT2D eigenvalue weighted by molar-refractivity contribution is 5.68. The molecule has 1 aromatic carbocycles. The van der Waals surface area contributed by atoms with Crippen molar-refractivity contribution in [1.82, 2.24) is 14.8 Å². The Morgan fingerprint density at radius 2 is 1.81 bits per heavy atom. The van der Waals surface area contributed by atoms with Gasteiger partial charge < -0.3 is 4.57 Å². The van der Waals surface area contributed by atoms with Gasteiger partial charge in [0.05, 0.1) is 11.4 Å². The van der Waals surface area contributed by atoms with E-state index in [4.69, 9.17) is 0 Å². The molecule has 0 unspecified atom stereocenters. The molecule has 106 valence electrons. The van der Waals surface area contributed by atoms with Crippen molar-refractivity contribution >= 4 is 11.4 Å². The van der Waals surface area contributed by atoms with E-state index >= 15 is 0 Å². The lowest BCUT2D eigenvalue weighted by Gasteiger charge is -2.00. The van der Waals surface area contributed by atoms with Crippen LogP contribution in [0.25, 0.3) is 11.4 Å². The number of aryl methyl sites for hydroxylation is 2. The zero-order chi connectivity index (χ0) is 14.8. The molecule has 0 spiro atoms. The lowest BCUT2D eigenvalue weighted by atomic mass is 10.2. The van der Waals surface area contributed by atoms with Gasteiger partial charge in [0.25, 0.3) is 5.56 Å². The van der Waals surface area contributed by atoms with Crippen molar-refractivity contribution in [2.24, 2.45) is 17.3 Å². The first-order chi connectivity index (χ1) is 10.1. The van der Waals surface area contributed by atoms with Crippen LogP contribution in [-0.4, -0.2) is 14.8 Å². The summed E-state index contributed by atoms with van der Waals surface area (Å²) in [6, 6.07) is 11.4. The van der Waals surface area contributed by atoms with Gasteiger partial charge in [-0.05, 0) is 31.2 Å². The normalized spacial score (nSPS) is 11.3. The van der Waals surface area contributed by atoms with Crippen molar-refractivity contribution < 1.29 is 0 Å². The first kappa shape index (κ1) is 13.1. The summed E-state index contributed by atoms with van der Waals surface area (Å²) in [5.74, 6) is 0. The largest absolute Gasteiger partial charge is 0.349 e. The predicted octanol–water partition coefficient (Wildman–Crippen LogP) is 3.43. The van der Waals surface area contributed by atoms with Gasteiger partial charge in [0.2, 0.25) is 0 Å². The molecule has 3 aromatic rings. The van der Waals surface area contributed by atoms with E-state index in [0.717, 1.165) is 11.3 Å². The lowest BCUT2D eigenvalue weighted by Crippen LogP contribution is -1.96. The van der Waals surface area contributed by atoms with Gasteiger partial charge in [-0.25, -0.2) is 0 Å². The molecule has 0 aliphatic rings. The summed E-state index contributed by atoms with van der Waals surface area (Å²) in [7, 11) is 1.90. The highest BCUT2D eigenvalue weighted by Gasteiger charge is 2.13. The van der Waals surface area contributed by atoms with Crippen LogP contribution < -0.4 is 5.56 Å². The number of rotatable bonds is 3. The molecule has 0 saturated carbocycles. The van der Waals surface area contributed by atoms with Crippen LogP contribution in [0.1, 0.15) is 5.56 Å². The Bertz CT molecular complexity index is 836. The van der Waals surface area contributed by atoms with Crippen molar-refractivity contribution in [2.75, 3.05) is 0 Å². The molecule has 2 aromatic heterocycles. The molecule has 6 heteroatoms. The number of aromatic amines is 2. The second-order valence-corrected chi connectivity index (χ2v) is 4.84. The molecule has 0 aliphatic carbocycles. The molecule has 0 radical (unpaired) electrons. The standard InChI is InChI=1S/C15H15N5O/c1-10-5-7-11(8-6-10)16-18-14-13(17-19-15(14)21)12-4-3-9-20(12)2/h3-9H,1-2H3,(H2,17,19,21). The molecule has 0 saturated heterocycles. The maximum absolute atomic E-state index is 11.9. The zero-order valence-corrected chi connectivity index (χ0v) is 11.8. The molecule has 3 rings (SSSR count). The van der Waals surface area contributed by atoms with Gasteiger partial charge in [-0.2, -0.15) is 5.11 Å². The van der Waals surface area contributed by atoms with E-state index in [-0.39, 0.29) is 11.2 Å². The van der Waals surface area contributed by atoms with E-state index in [1.807, 2.05) is 61.1 Å². The van der Waals surface area contributed by atoms with Crippen LogP contribution in [0.15, 0.2) is 57.6 Å². The summed E-state index contributed by atoms with van der Waals surface area (Å²) >= 11 is 0. The molecule has 0 atom stereocenters. The average molecular weight is 281 g/mol. The Morgan fingerprint density at radius 1 is 1.05 bits per heavy atom. The molecule has 2 heterocycles. The molecular formula is C15H15N5O. The summed E-state index contributed by atoms with van der Waals surface area (Å²) in [6.07, 6.45) is 1.90. The monoisotopic (exact) mass is 281 g/mol. The van der Waals surface area contributed by atoms with Crippen LogP contribution in [0.2, 0.25) is 0 Å². The quantitative estimate of drug-likeness (QED) is 0.709. The molecule has 6 nitrogen and oxygen atoms in total. The van der Waals surface area contributed by atoms with E-state index < -0.39 is 0 Å². The van der Waals surface area contributed by atoms with E-state index in [1.54, 1.807) is 0 Å². The van der Waals surface area contributed by atoms with Crippen LogP contribution in [0.4, 0.5) is 11.4 Å². The molecule has 0 aliphatic heterocycles. The van der Waals surface area contributed by atoms with Crippen molar-refractivity contribution in [1.29, 1.82) is 0 Å². The van der Waals surface area contributed by atoms with E-state index in [1.165, 1.54) is 0 Å². The summed E-state index contributed by atoms with van der Waals surface area (Å²) in [4.78, 5) is 11.9. The fraction of sp³-hybridized carbons (Fsp3) is 0.133. The number of benzene rings is 1. The van der Waals surface area contributed by atoms with Gasteiger partial charge in [-0.15, -0.1) is 5.11 Å². The van der Waals surface area contributed by atoms with Crippen LogP contribution in [0, 0.1) is 6.92 Å². The molecule has 0 fully saturated rings. The van der Waals surface area contributed by atoms with Crippen molar-refractivity contribution in [3.8, 4) is 11.4 Å². The molecule has 2 N–H and O–H groups in total. The predicted molar refractivity (Wildman–Crippen MR) is 81.2 cm³/mol. The minimum absolute atomic E-state index is 0.275. The van der Waals surface area contributed by atoms with Crippen LogP contribution in [-0.2, 0) is 7.05 Å². The SMILES string of the molecule is Cc1ccc(N=Nc2c(-c3cccn3C)[nH][nH]c2=O)cc1. The number of H-pyrrole nitrogens is 2. The van der Waals surface area contributed by atoms with Crippen LogP contribution in [0.5, 0.6) is 0 Å². The first-order valence-electron chi connectivity index (χ1n) is 6.56. The fourth-order valence-electron chi connectivity index (χ4n) is 2.07. The highest BCUT2D eigenvalue weighted by Crippen LogP contribution is 2.26. The highest BCUT2D eigenvalue weighted by atomic mass is 16.1. The Kier molecular flexibility index (Phi) is 3.27. The Labute approximate surface area is 121 Å². The Hall–Kier alpha value is -2.89. The molecule has 21 heavy (non-hydrogen) atoms. The summed E-state index contributed by atoms with van der Waals surface area (Å²) < 4.78 is 1.91. The van der Waals surface area contributed by atoms with Gasteiger partial charge in [-0.3, -0.25) is 15.0 Å². The number of hydrogen-bond acceptors (Lipinski definition) is 3. The Balaban J connectivity index is 2.00. The second-order valence-electron chi connectivity index (χ2n) is 4.84. The summed E-state index contributed by atoms with van der Waals surface area (Å²) in [6.45, 7) is 2.01. The summed E-state index contributed by atoms with van der Waals surface area (Å²) in [5, 5.41) is 13.6. The van der Waals surface area contributed by atoms with Crippen LogP contribution in [0.3, 0.4) is 0 Å². The third-order valence-electron chi connectivity index (χ3n) is 3.25.